The summed E-state index contributed by atoms with van der Waals surface area (Å²) in [5.74, 6) is -2.96. The van der Waals surface area contributed by atoms with Crippen molar-refractivity contribution in [3.05, 3.63) is 17.0 Å². The molecule has 2 N–H and O–H groups in total. The van der Waals surface area contributed by atoms with Crippen molar-refractivity contribution in [2.24, 2.45) is 11.8 Å². The number of amides is 1. The van der Waals surface area contributed by atoms with Gasteiger partial charge in [0.05, 0.1) is 24.0 Å². The Hall–Kier alpha value is -1.89. The molecule has 1 heterocycles. The second-order valence-corrected chi connectivity index (χ2v) is 5.77. The van der Waals surface area contributed by atoms with Crippen molar-refractivity contribution in [1.82, 2.24) is 0 Å². The normalized spacial score (nSPS) is 21.0. The summed E-state index contributed by atoms with van der Waals surface area (Å²) in [5.41, 5.74) is 0.306. The lowest BCUT2D eigenvalue weighted by Gasteiger charge is -2.15. The highest BCUT2D eigenvalue weighted by Crippen LogP contribution is 2.34. The lowest BCUT2D eigenvalue weighted by Crippen LogP contribution is -2.30. The van der Waals surface area contributed by atoms with Crippen molar-refractivity contribution in [3.8, 4) is 0 Å². The zero-order valence-electron chi connectivity index (χ0n) is 11.6. The lowest BCUT2D eigenvalue weighted by molar-refractivity contribution is -0.145. The van der Waals surface area contributed by atoms with Gasteiger partial charge in [-0.15, -0.1) is 11.3 Å². The average molecular weight is 311 g/mol. The molecule has 0 unspecified atom stereocenters. The van der Waals surface area contributed by atoms with E-state index in [1.807, 2.05) is 0 Å². The van der Waals surface area contributed by atoms with Crippen LogP contribution < -0.4 is 5.32 Å². The number of carbonyl (C=O) groups is 3. The summed E-state index contributed by atoms with van der Waals surface area (Å²) in [5, 5.41) is 13.9. The third kappa shape index (κ3) is 3.41. The topological polar surface area (TPSA) is 92.7 Å². The lowest BCUT2D eigenvalue weighted by atomic mass is 9.95. The van der Waals surface area contributed by atoms with Gasteiger partial charge < -0.3 is 15.2 Å². The Morgan fingerprint density at radius 1 is 1.38 bits per heavy atom. The van der Waals surface area contributed by atoms with Gasteiger partial charge in [-0.05, 0) is 31.2 Å². The van der Waals surface area contributed by atoms with Crippen molar-refractivity contribution < 1.29 is 24.2 Å². The molecule has 0 radical (unpaired) electrons. The predicted molar refractivity (Wildman–Crippen MR) is 77.4 cm³/mol. The summed E-state index contributed by atoms with van der Waals surface area (Å²) >= 11 is 1.22. The van der Waals surface area contributed by atoms with Gasteiger partial charge in [-0.1, -0.05) is 6.42 Å². The summed E-state index contributed by atoms with van der Waals surface area (Å²) in [4.78, 5) is 35.1. The molecule has 0 bridgehead atoms. The van der Waals surface area contributed by atoms with Crippen LogP contribution in [0.1, 0.15) is 36.5 Å². The predicted octanol–water partition coefficient (Wildman–Crippen LogP) is 2.36. The maximum atomic E-state index is 12.2. The molecule has 6 nitrogen and oxygen atoms in total. The first kappa shape index (κ1) is 15.5. The Bertz CT molecular complexity index is 553. The fraction of sp³-hybridized carbons (Fsp3) is 0.500. The van der Waals surface area contributed by atoms with Crippen LogP contribution in [-0.2, 0) is 14.3 Å². The van der Waals surface area contributed by atoms with Crippen LogP contribution in [-0.4, -0.2) is 29.6 Å². The van der Waals surface area contributed by atoms with Crippen LogP contribution >= 0.6 is 11.3 Å². The van der Waals surface area contributed by atoms with Crippen LogP contribution in [0.4, 0.5) is 5.00 Å². The van der Waals surface area contributed by atoms with Gasteiger partial charge in [0, 0.05) is 0 Å². The van der Waals surface area contributed by atoms with Gasteiger partial charge in [-0.2, -0.15) is 0 Å². The third-order valence-corrected chi connectivity index (χ3v) is 4.40. The monoisotopic (exact) mass is 311 g/mol. The van der Waals surface area contributed by atoms with E-state index in [9.17, 15) is 14.4 Å². The molecule has 1 saturated carbocycles. The molecule has 2 atom stereocenters. The first-order chi connectivity index (χ1) is 10.0. The van der Waals surface area contributed by atoms with E-state index in [1.54, 1.807) is 18.4 Å². The van der Waals surface area contributed by atoms with E-state index in [-0.39, 0.29) is 12.5 Å². The molecular weight excluding hydrogens is 294 g/mol. The summed E-state index contributed by atoms with van der Waals surface area (Å²) in [6.07, 6.45) is 1.80. The molecule has 114 valence electrons. The van der Waals surface area contributed by atoms with Crippen molar-refractivity contribution >= 4 is 34.2 Å². The van der Waals surface area contributed by atoms with E-state index >= 15 is 0 Å². The summed E-state index contributed by atoms with van der Waals surface area (Å²) in [6.45, 7) is 1.96. The van der Waals surface area contributed by atoms with E-state index < -0.39 is 23.8 Å². The Morgan fingerprint density at radius 2 is 2.10 bits per heavy atom. The van der Waals surface area contributed by atoms with E-state index in [1.165, 1.54) is 11.3 Å². The summed E-state index contributed by atoms with van der Waals surface area (Å²) < 4.78 is 4.92. The Labute approximate surface area is 126 Å². The molecule has 1 fully saturated rings. The molecule has 1 aromatic heterocycles. The molecule has 0 spiro atoms. The molecule has 7 heteroatoms. The minimum absolute atomic E-state index is 0.256. The molecule has 0 aromatic carbocycles. The Morgan fingerprint density at radius 3 is 2.76 bits per heavy atom. The second-order valence-electron chi connectivity index (χ2n) is 4.86. The number of carboxylic acid groups (broad SMARTS) is 1. The first-order valence-corrected chi connectivity index (χ1v) is 7.70. The van der Waals surface area contributed by atoms with Crippen molar-refractivity contribution in [2.75, 3.05) is 11.9 Å². The largest absolute Gasteiger partial charge is 0.481 e. The highest BCUT2D eigenvalue weighted by atomic mass is 32.1. The number of anilines is 1. The molecule has 2 rings (SSSR count). The number of carboxylic acids is 1. The molecule has 1 amide bonds. The number of ether oxygens (including phenoxy) is 1. The highest BCUT2D eigenvalue weighted by molar-refractivity contribution is 7.14. The number of carbonyl (C=O) groups excluding carboxylic acids is 2. The standard InChI is InChI=1S/C14H17NO5S/c1-2-20-14(19)10-6-7-21-12(10)15-11(16)8-4-3-5-9(8)13(17)18/h6-9H,2-5H2,1H3,(H,15,16)(H,17,18)/t8-,9+/m1/s1. The van der Waals surface area contributed by atoms with Gasteiger partial charge >= 0.3 is 11.9 Å². The van der Waals surface area contributed by atoms with E-state index in [0.717, 1.165) is 6.42 Å². The number of aliphatic carboxylic acids is 1. The second kappa shape index (κ2) is 6.71. The Kier molecular flexibility index (Phi) is 4.95. The van der Waals surface area contributed by atoms with Gasteiger partial charge in [0.15, 0.2) is 0 Å². The number of thiophene rings is 1. The van der Waals surface area contributed by atoms with Crippen molar-refractivity contribution in [2.45, 2.75) is 26.2 Å². The summed E-state index contributed by atoms with van der Waals surface area (Å²) in [7, 11) is 0. The molecule has 1 aromatic rings. The van der Waals surface area contributed by atoms with Crippen LogP contribution in [0.15, 0.2) is 11.4 Å². The van der Waals surface area contributed by atoms with E-state index in [0.29, 0.717) is 23.4 Å². The summed E-state index contributed by atoms with van der Waals surface area (Å²) in [6, 6.07) is 1.58. The number of nitrogens with one attached hydrogen (secondary N) is 1. The van der Waals surface area contributed by atoms with Gasteiger partial charge in [0.25, 0.3) is 0 Å². The highest BCUT2D eigenvalue weighted by Gasteiger charge is 2.38. The maximum Gasteiger partial charge on any atom is 0.341 e. The van der Waals surface area contributed by atoms with Crippen molar-refractivity contribution in [3.63, 3.8) is 0 Å². The number of esters is 1. The smallest absolute Gasteiger partial charge is 0.341 e. The minimum atomic E-state index is -0.940. The number of rotatable bonds is 5. The van der Waals surface area contributed by atoms with Crippen LogP contribution in [0.2, 0.25) is 0 Å². The molecule has 1 aliphatic carbocycles. The number of hydrogen-bond acceptors (Lipinski definition) is 5. The molecule has 0 aliphatic heterocycles. The fourth-order valence-corrected chi connectivity index (χ4v) is 3.33. The SMILES string of the molecule is CCOC(=O)c1ccsc1NC(=O)[C@@H]1CCC[C@@H]1C(=O)O. The van der Waals surface area contributed by atoms with Crippen LogP contribution in [0.3, 0.4) is 0 Å². The van der Waals surface area contributed by atoms with Gasteiger partial charge in [0.2, 0.25) is 5.91 Å². The van der Waals surface area contributed by atoms with Crippen LogP contribution in [0, 0.1) is 11.8 Å². The van der Waals surface area contributed by atoms with Crippen molar-refractivity contribution in [1.29, 1.82) is 0 Å². The quantitative estimate of drug-likeness (QED) is 0.814. The van der Waals surface area contributed by atoms with Gasteiger partial charge in [-0.3, -0.25) is 9.59 Å². The number of hydrogen-bond donors (Lipinski definition) is 2. The molecule has 21 heavy (non-hydrogen) atoms. The van der Waals surface area contributed by atoms with Gasteiger partial charge in [0.1, 0.15) is 5.00 Å². The third-order valence-electron chi connectivity index (χ3n) is 3.57. The Balaban J connectivity index is 2.08. The maximum absolute atomic E-state index is 12.2. The fourth-order valence-electron chi connectivity index (χ4n) is 2.55. The molecule has 0 saturated heterocycles. The van der Waals surface area contributed by atoms with Crippen LogP contribution in [0.5, 0.6) is 0 Å². The minimum Gasteiger partial charge on any atom is -0.481 e. The van der Waals surface area contributed by atoms with E-state index in [2.05, 4.69) is 5.32 Å². The molecular formula is C14H17NO5S. The average Bonchev–Trinajstić information content (AvgIpc) is 3.07. The zero-order chi connectivity index (χ0) is 15.4. The molecule has 1 aliphatic rings. The van der Waals surface area contributed by atoms with Crippen LogP contribution in [0.25, 0.3) is 0 Å². The van der Waals surface area contributed by atoms with E-state index in [4.69, 9.17) is 9.84 Å². The zero-order valence-corrected chi connectivity index (χ0v) is 12.4. The first-order valence-electron chi connectivity index (χ1n) is 6.82. The van der Waals surface area contributed by atoms with Gasteiger partial charge in [-0.25, -0.2) is 4.79 Å².